The van der Waals surface area contributed by atoms with Crippen LogP contribution in [-0.2, 0) is 6.54 Å². The molecule has 1 amide bonds. The van der Waals surface area contributed by atoms with Gasteiger partial charge >= 0.3 is 0 Å². The average molecular weight is 289 g/mol. The van der Waals surface area contributed by atoms with Crippen LogP contribution in [0.15, 0.2) is 35.2 Å². The molecule has 0 spiro atoms. The second-order valence-electron chi connectivity index (χ2n) is 4.37. The Hall–Kier alpha value is -1.75. The van der Waals surface area contributed by atoms with Crippen molar-refractivity contribution in [2.24, 2.45) is 0 Å². The van der Waals surface area contributed by atoms with E-state index in [-0.39, 0.29) is 5.91 Å². The summed E-state index contributed by atoms with van der Waals surface area (Å²) in [5, 5.41) is 7.28. The summed E-state index contributed by atoms with van der Waals surface area (Å²) in [4.78, 5) is 13.4. The molecule has 0 fully saturated rings. The fourth-order valence-electron chi connectivity index (χ4n) is 2.01. The number of anilines is 1. The molecule has 1 aromatic heterocycles. The van der Waals surface area contributed by atoms with Gasteiger partial charge in [0.15, 0.2) is 0 Å². The van der Waals surface area contributed by atoms with Gasteiger partial charge in [0.25, 0.3) is 5.91 Å². The Morgan fingerprint density at radius 2 is 2.10 bits per heavy atom. The van der Waals surface area contributed by atoms with Crippen molar-refractivity contribution in [3.63, 3.8) is 0 Å². The van der Waals surface area contributed by atoms with Gasteiger partial charge in [-0.2, -0.15) is 5.10 Å². The predicted molar refractivity (Wildman–Crippen MR) is 83.4 cm³/mol. The van der Waals surface area contributed by atoms with E-state index in [1.54, 1.807) is 16.4 Å². The number of nitrogens with one attached hydrogen (secondary N) is 1. The summed E-state index contributed by atoms with van der Waals surface area (Å²) in [5.41, 5.74) is 1.61. The topological polar surface area (TPSA) is 46.9 Å². The number of thioether (sulfide) groups is 1. The van der Waals surface area contributed by atoms with Gasteiger partial charge in [0.1, 0.15) is 5.82 Å². The zero-order valence-corrected chi connectivity index (χ0v) is 12.8. The summed E-state index contributed by atoms with van der Waals surface area (Å²) in [6.07, 6.45) is 0. The second-order valence-corrected chi connectivity index (χ2v) is 5.68. The number of aromatic nitrogens is 2. The molecule has 106 valence electrons. The van der Waals surface area contributed by atoms with Gasteiger partial charge in [0, 0.05) is 17.5 Å². The number of rotatable bonds is 5. The predicted octanol–water partition coefficient (Wildman–Crippen LogP) is 3.58. The monoisotopic (exact) mass is 289 g/mol. The van der Waals surface area contributed by atoms with Crippen LogP contribution in [0.25, 0.3) is 0 Å². The van der Waals surface area contributed by atoms with Crippen molar-refractivity contribution >= 4 is 23.5 Å². The normalized spacial score (nSPS) is 10.6. The molecule has 0 atom stereocenters. The first-order chi connectivity index (χ1) is 9.65. The summed E-state index contributed by atoms with van der Waals surface area (Å²) in [7, 11) is 0. The summed E-state index contributed by atoms with van der Waals surface area (Å²) in [6.45, 7) is 6.73. The average Bonchev–Trinajstić information content (AvgIpc) is 2.79. The molecule has 20 heavy (non-hydrogen) atoms. The standard InChI is InChI=1S/C15H19N3OS/c1-4-18-14(10-11(3)17-18)16-15(19)12-8-6-7-9-13(12)20-5-2/h6-10H,4-5H2,1-3H3,(H,16,19). The number of amides is 1. The van der Waals surface area contributed by atoms with Crippen molar-refractivity contribution in [2.45, 2.75) is 32.2 Å². The minimum absolute atomic E-state index is 0.0869. The molecule has 1 heterocycles. The van der Waals surface area contributed by atoms with Crippen LogP contribution in [0.4, 0.5) is 5.82 Å². The zero-order chi connectivity index (χ0) is 14.5. The minimum Gasteiger partial charge on any atom is -0.307 e. The Labute approximate surface area is 123 Å². The first-order valence-corrected chi connectivity index (χ1v) is 7.71. The summed E-state index contributed by atoms with van der Waals surface area (Å²) in [6, 6.07) is 9.56. The first kappa shape index (κ1) is 14.7. The molecular formula is C15H19N3OS. The van der Waals surface area contributed by atoms with Crippen molar-refractivity contribution in [3.8, 4) is 0 Å². The van der Waals surface area contributed by atoms with Gasteiger partial charge in [0.2, 0.25) is 0 Å². The van der Waals surface area contributed by atoms with Crippen LogP contribution in [0.5, 0.6) is 0 Å². The fourth-order valence-corrected chi connectivity index (χ4v) is 2.81. The third kappa shape index (κ3) is 3.22. The number of benzene rings is 1. The molecule has 0 bridgehead atoms. The van der Waals surface area contributed by atoms with E-state index in [1.165, 1.54) is 0 Å². The molecular weight excluding hydrogens is 270 g/mol. The highest BCUT2D eigenvalue weighted by molar-refractivity contribution is 7.99. The van der Waals surface area contributed by atoms with Crippen LogP contribution in [0, 0.1) is 6.92 Å². The number of nitrogens with zero attached hydrogens (tertiary/aromatic N) is 2. The highest BCUT2D eigenvalue weighted by Crippen LogP contribution is 2.23. The van der Waals surface area contributed by atoms with Crippen molar-refractivity contribution < 1.29 is 4.79 Å². The van der Waals surface area contributed by atoms with E-state index in [0.29, 0.717) is 5.56 Å². The van der Waals surface area contributed by atoms with Crippen LogP contribution in [0.1, 0.15) is 29.9 Å². The number of aryl methyl sites for hydroxylation is 2. The smallest absolute Gasteiger partial charge is 0.257 e. The molecule has 5 heteroatoms. The molecule has 0 saturated heterocycles. The van der Waals surface area contributed by atoms with Gasteiger partial charge < -0.3 is 5.32 Å². The molecule has 0 aliphatic heterocycles. The number of hydrogen-bond acceptors (Lipinski definition) is 3. The largest absolute Gasteiger partial charge is 0.307 e. The maximum Gasteiger partial charge on any atom is 0.257 e. The Bertz CT molecular complexity index is 607. The maximum absolute atomic E-state index is 12.4. The molecule has 4 nitrogen and oxygen atoms in total. The highest BCUT2D eigenvalue weighted by Gasteiger charge is 2.13. The zero-order valence-electron chi connectivity index (χ0n) is 12.0. The summed E-state index contributed by atoms with van der Waals surface area (Å²) < 4.78 is 1.79. The lowest BCUT2D eigenvalue weighted by atomic mass is 10.2. The van der Waals surface area contributed by atoms with Gasteiger partial charge in [-0.25, -0.2) is 4.68 Å². The van der Waals surface area contributed by atoms with Gasteiger partial charge in [-0.15, -0.1) is 11.8 Å². The Balaban J connectivity index is 2.23. The number of hydrogen-bond donors (Lipinski definition) is 1. The van der Waals surface area contributed by atoms with E-state index in [9.17, 15) is 4.79 Å². The fraction of sp³-hybridized carbons (Fsp3) is 0.333. The van der Waals surface area contributed by atoms with E-state index in [0.717, 1.165) is 28.7 Å². The first-order valence-electron chi connectivity index (χ1n) is 6.73. The second kappa shape index (κ2) is 6.61. The SMILES string of the molecule is CCSc1ccccc1C(=O)Nc1cc(C)nn1CC. The molecule has 0 radical (unpaired) electrons. The molecule has 0 aliphatic rings. The van der Waals surface area contributed by atoms with E-state index < -0.39 is 0 Å². The number of carbonyl (C=O) groups excluding carboxylic acids is 1. The lowest BCUT2D eigenvalue weighted by Crippen LogP contribution is -2.16. The molecule has 0 unspecified atom stereocenters. The van der Waals surface area contributed by atoms with E-state index in [4.69, 9.17) is 0 Å². The van der Waals surface area contributed by atoms with Gasteiger partial charge in [-0.1, -0.05) is 19.1 Å². The van der Waals surface area contributed by atoms with Crippen molar-refractivity contribution in [2.75, 3.05) is 11.1 Å². The van der Waals surface area contributed by atoms with Crippen LogP contribution in [0.2, 0.25) is 0 Å². The van der Waals surface area contributed by atoms with Crippen molar-refractivity contribution in [1.29, 1.82) is 0 Å². The van der Waals surface area contributed by atoms with E-state index in [1.807, 2.05) is 44.2 Å². The summed E-state index contributed by atoms with van der Waals surface area (Å²) in [5.74, 6) is 1.60. The van der Waals surface area contributed by atoms with Gasteiger partial charge in [0.05, 0.1) is 11.3 Å². The van der Waals surface area contributed by atoms with Crippen LogP contribution < -0.4 is 5.32 Å². The minimum atomic E-state index is -0.0869. The van der Waals surface area contributed by atoms with Crippen molar-refractivity contribution in [1.82, 2.24) is 9.78 Å². The molecule has 1 N–H and O–H groups in total. The molecule has 0 aliphatic carbocycles. The lowest BCUT2D eigenvalue weighted by Gasteiger charge is -2.10. The van der Waals surface area contributed by atoms with Gasteiger partial charge in [-0.3, -0.25) is 4.79 Å². The van der Waals surface area contributed by atoms with Crippen LogP contribution in [0.3, 0.4) is 0 Å². The highest BCUT2D eigenvalue weighted by atomic mass is 32.2. The Kier molecular flexibility index (Phi) is 4.84. The van der Waals surface area contributed by atoms with Crippen molar-refractivity contribution in [3.05, 3.63) is 41.6 Å². The molecule has 1 aromatic carbocycles. The number of carbonyl (C=O) groups is 1. The molecule has 2 rings (SSSR count). The molecule has 2 aromatic rings. The lowest BCUT2D eigenvalue weighted by molar-refractivity contribution is 0.102. The Morgan fingerprint density at radius 1 is 1.35 bits per heavy atom. The Morgan fingerprint density at radius 3 is 2.80 bits per heavy atom. The van der Waals surface area contributed by atoms with E-state index >= 15 is 0 Å². The van der Waals surface area contributed by atoms with Gasteiger partial charge in [-0.05, 0) is 31.7 Å². The maximum atomic E-state index is 12.4. The summed E-state index contributed by atoms with van der Waals surface area (Å²) >= 11 is 1.67. The van der Waals surface area contributed by atoms with Crippen LogP contribution in [-0.4, -0.2) is 21.4 Å². The third-order valence-corrected chi connectivity index (χ3v) is 3.83. The molecule has 0 saturated carbocycles. The third-order valence-electron chi connectivity index (χ3n) is 2.87. The quantitative estimate of drug-likeness (QED) is 0.856. The van der Waals surface area contributed by atoms with E-state index in [2.05, 4.69) is 17.3 Å². The van der Waals surface area contributed by atoms with Crippen LogP contribution >= 0.6 is 11.8 Å².